The van der Waals surface area contributed by atoms with Gasteiger partial charge in [0.25, 0.3) is 0 Å². The lowest BCUT2D eigenvalue weighted by Crippen LogP contribution is -2.38. The average Bonchev–Trinajstić information content (AvgIpc) is 2.53. The van der Waals surface area contributed by atoms with Gasteiger partial charge in [0.2, 0.25) is 0 Å². The Kier molecular flexibility index (Phi) is 3.65. The van der Waals surface area contributed by atoms with Crippen LogP contribution in [0.15, 0.2) is 18.2 Å². The van der Waals surface area contributed by atoms with Gasteiger partial charge in [-0.1, -0.05) is 0 Å². The number of rotatable bonds is 3. The zero-order chi connectivity index (χ0) is 13.3. The Morgan fingerprint density at radius 1 is 1.33 bits per heavy atom. The lowest BCUT2D eigenvalue weighted by atomic mass is 10.1. The molecular formula is C11H13F2NO3S. The Balaban J connectivity index is 2.02. The van der Waals surface area contributed by atoms with Crippen molar-refractivity contribution >= 4 is 9.84 Å². The fourth-order valence-electron chi connectivity index (χ4n) is 1.94. The van der Waals surface area contributed by atoms with Crippen LogP contribution in [-0.4, -0.2) is 37.2 Å². The molecule has 2 rings (SSSR count). The van der Waals surface area contributed by atoms with Crippen LogP contribution in [0.5, 0.6) is 0 Å². The van der Waals surface area contributed by atoms with Crippen molar-refractivity contribution in [3.63, 3.8) is 0 Å². The molecule has 100 valence electrons. The minimum absolute atomic E-state index is 0.0269. The van der Waals surface area contributed by atoms with Crippen molar-refractivity contribution in [2.75, 3.05) is 11.5 Å². The zero-order valence-corrected chi connectivity index (χ0v) is 10.3. The van der Waals surface area contributed by atoms with Gasteiger partial charge in [-0.2, -0.15) is 0 Å². The molecule has 0 amide bonds. The lowest BCUT2D eigenvalue weighted by molar-refractivity contribution is 0.165. The van der Waals surface area contributed by atoms with Crippen molar-refractivity contribution < 1.29 is 22.3 Å². The second-order valence-corrected chi connectivity index (χ2v) is 6.52. The van der Waals surface area contributed by atoms with Gasteiger partial charge in [-0.3, -0.25) is 0 Å². The summed E-state index contributed by atoms with van der Waals surface area (Å²) in [5, 5.41) is 12.3. The first-order valence-electron chi connectivity index (χ1n) is 5.43. The monoisotopic (exact) mass is 277 g/mol. The van der Waals surface area contributed by atoms with Crippen LogP contribution in [0.25, 0.3) is 0 Å². The topological polar surface area (TPSA) is 66.4 Å². The molecule has 0 saturated carbocycles. The van der Waals surface area contributed by atoms with Crippen LogP contribution in [0, 0.1) is 11.6 Å². The van der Waals surface area contributed by atoms with Gasteiger partial charge in [0.05, 0.1) is 17.6 Å². The highest BCUT2D eigenvalue weighted by Crippen LogP contribution is 2.14. The van der Waals surface area contributed by atoms with E-state index in [9.17, 15) is 22.3 Å². The highest BCUT2D eigenvalue weighted by atomic mass is 32.2. The summed E-state index contributed by atoms with van der Waals surface area (Å²) in [5.41, 5.74) is 0.103. The molecule has 1 heterocycles. The van der Waals surface area contributed by atoms with Crippen molar-refractivity contribution in [1.82, 2.24) is 5.32 Å². The van der Waals surface area contributed by atoms with Crippen LogP contribution in [0.3, 0.4) is 0 Å². The first-order chi connectivity index (χ1) is 8.37. The van der Waals surface area contributed by atoms with Gasteiger partial charge in [0, 0.05) is 18.2 Å². The average molecular weight is 277 g/mol. The quantitative estimate of drug-likeness (QED) is 0.829. The summed E-state index contributed by atoms with van der Waals surface area (Å²) in [5.74, 6) is -1.62. The van der Waals surface area contributed by atoms with Crippen LogP contribution >= 0.6 is 0 Å². The second-order valence-electron chi connectivity index (χ2n) is 4.37. The van der Waals surface area contributed by atoms with E-state index in [0.717, 1.165) is 18.2 Å². The first kappa shape index (κ1) is 13.4. The Hall–Kier alpha value is -1.05. The smallest absolute Gasteiger partial charge is 0.154 e. The van der Waals surface area contributed by atoms with Crippen molar-refractivity contribution in [1.29, 1.82) is 0 Å². The molecular weight excluding hydrogens is 264 g/mol. The summed E-state index contributed by atoms with van der Waals surface area (Å²) >= 11 is 0. The largest absolute Gasteiger partial charge is 0.390 e. The Morgan fingerprint density at radius 3 is 2.67 bits per heavy atom. The molecule has 4 nitrogen and oxygen atoms in total. The summed E-state index contributed by atoms with van der Waals surface area (Å²) in [6.07, 6.45) is -1.01. The summed E-state index contributed by atoms with van der Waals surface area (Å²) in [4.78, 5) is 0. The van der Waals surface area contributed by atoms with Gasteiger partial charge in [-0.15, -0.1) is 0 Å². The van der Waals surface area contributed by atoms with E-state index in [1.807, 2.05) is 0 Å². The molecule has 1 saturated heterocycles. The van der Waals surface area contributed by atoms with Crippen LogP contribution in [0.4, 0.5) is 8.78 Å². The maximum atomic E-state index is 13.3. The van der Waals surface area contributed by atoms with Gasteiger partial charge < -0.3 is 10.4 Å². The van der Waals surface area contributed by atoms with E-state index in [1.54, 1.807) is 0 Å². The third-order valence-corrected chi connectivity index (χ3v) is 4.60. The molecule has 0 aromatic heterocycles. The third kappa shape index (κ3) is 3.04. The van der Waals surface area contributed by atoms with Gasteiger partial charge >= 0.3 is 0 Å². The number of sulfone groups is 1. The van der Waals surface area contributed by atoms with Crippen molar-refractivity contribution in [3.8, 4) is 0 Å². The van der Waals surface area contributed by atoms with Crippen molar-refractivity contribution in [2.24, 2.45) is 0 Å². The fraction of sp³-hybridized carbons (Fsp3) is 0.455. The van der Waals surface area contributed by atoms with E-state index < -0.39 is 33.6 Å². The van der Waals surface area contributed by atoms with Crippen molar-refractivity contribution in [3.05, 3.63) is 35.4 Å². The summed E-state index contributed by atoms with van der Waals surface area (Å²) < 4.78 is 48.7. The molecule has 0 bridgehead atoms. The normalized spacial score (nSPS) is 26.4. The first-order valence-corrected chi connectivity index (χ1v) is 7.25. The molecule has 2 unspecified atom stereocenters. The maximum absolute atomic E-state index is 13.3. The second kappa shape index (κ2) is 4.91. The van der Waals surface area contributed by atoms with Gasteiger partial charge in [-0.05, 0) is 18.2 Å². The van der Waals surface area contributed by atoms with Gasteiger partial charge in [-0.25, -0.2) is 17.2 Å². The standard InChI is InChI=1S/C11H13F2NO3S/c12-8-1-2-9(13)7(3-8)4-14-10-5-18(16,17)6-11(10)15/h1-3,10-11,14-15H,4-6H2. The minimum atomic E-state index is -3.25. The van der Waals surface area contributed by atoms with E-state index >= 15 is 0 Å². The van der Waals surface area contributed by atoms with Crippen molar-refractivity contribution in [2.45, 2.75) is 18.7 Å². The number of benzene rings is 1. The Labute approximate surface area is 104 Å². The number of hydrogen-bond acceptors (Lipinski definition) is 4. The molecule has 0 radical (unpaired) electrons. The molecule has 1 aromatic rings. The predicted octanol–water partition coefficient (Wildman–Crippen LogP) is 0.212. The molecule has 1 aliphatic rings. The van der Waals surface area contributed by atoms with E-state index in [1.165, 1.54) is 0 Å². The summed E-state index contributed by atoms with van der Waals surface area (Å²) in [7, 11) is -3.25. The van der Waals surface area contributed by atoms with Crippen LogP contribution < -0.4 is 5.32 Å². The number of hydrogen-bond donors (Lipinski definition) is 2. The van der Waals surface area contributed by atoms with E-state index in [2.05, 4.69) is 5.32 Å². The minimum Gasteiger partial charge on any atom is -0.390 e. The third-order valence-electron chi connectivity index (χ3n) is 2.89. The number of aliphatic hydroxyl groups is 1. The van der Waals surface area contributed by atoms with E-state index in [-0.39, 0.29) is 23.6 Å². The number of nitrogens with one attached hydrogen (secondary N) is 1. The SMILES string of the molecule is O=S1(=O)CC(O)C(NCc2cc(F)ccc2F)C1. The molecule has 18 heavy (non-hydrogen) atoms. The van der Waals surface area contributed by atoms with Gasteiger partial charge in [0.1, 0.15) is 11.6 Å². The molecule has 0 spiro atoms. The lowest BCUT2D eigenvalue weighted by Gasteiger charge is -2.15. The van der Waals surface area contributed by atoms with E-state index in [4.69, 9.17) is 0 Å². The van der Waals surface area contributed by atoms with Gasteiger partial charge in [0.15, 0.2) is 9.84 Å². The molecule has 2 N–H and O–H groups in total. The predicted molar refractivity (Wildman–Crippen MR) is 61.6 cm³/mol. The molecule has 0 aliphatic carbocycles. The van der Waals surface area contributed by atoms with Crippen LogP contribution in [0.2, 0.25) is 0 Å². The van der Waals surface area contributed by atoms with Crippen LogP contribution in [0.1, 0.15) is 5.56 Å². The van der Waals surface area contributed by atoms with E-state index in [0.29, 0.717) is 0 Å². The fourth-order valence-corrected chi connectivity index (χ4v) is 3.72. The molecule has 1 aliphatic heterocycles. The molecule has 1 aromatic carbocycles. The zero-order valence-electron chi connectivity index (χ0n) is 9.44. The Bertz CT molecular complexity index is 547. The molecule has 1 fully saturated rings. The number of aliphatic hydroxyl groups excluding tert-OH is 1. The summed E-state index contributed by atoms with van der Waals surface area (Å²) in [6, 6.07) is 2.41. The Morgan fingerprint density at radius 2 is 2.06 bits per heavy atom. The maximum Gasteiger partial charge on any atom is 0.154 e. The number of halogens is 2. The summed E-state index contributed by atoms with van der Waals surface area (Å²) in [6.45, 7) is -0.0269. The highest BCUT2D eigenvalue weighted by molar-refractivity contribution is 7.91. The molecule has 2 atom stereocenters. The highest BCUT2D eigenvalue weighted by Gasteiger charge is 2.35. The van der Waals surface area contributed by atoms with Crippen LogP contribution in [-0.2, 0) is 16.4 Å². The molecule has 7 heteroatoms.